The third-order valence-corrected chi connectivity index (χ3v) is 2.31. The van der Waals surface area contributed by atoms with E-state index in [-0.39, 0.29) is 6.54 Å². The van der Waals surface area contributed by atoms with Gasteiger partial charge in [-0.15, -0.1) is 0 Å². The van der Waals surface area contributed by atoms with Crippen molar-refractivity contribution in [2.75, 3.05) is 13.1 Å². The molecule has 0 aliphatic heterocycles. The molecule has 1 rings (SSSR count). The molecule has 0 spiro atoms. The van der Waals surface area contributed by atoms with Gasteiger partial charge in [-0.05, 0) is 19.1 Å². The number of likely N-dealkylation sites (N-methyl/N-ethyl adjacent to an activating group) is 1. The number of hydrogen-bond donors (Lipinski definition) is 1. The van der Waals surface area contributed by atoms with Crippen molar-refractivity contribution < 1.29 is 27.9 Å². The molecule has 0 atom stereocenters. The second-order valence-electron chi connectivity index (χ2n) is 3.61. The third-order valence-electron chi connectivity index (χ3n) is 2.31. The Bertz CT molecular complexity index is 488. The number of hydrogen-bond acceptors (Lipinski definition) is 3. The first-order valence-corrected chi connectivity index (χ1v) is 5.30. The lowest BCUT2D eigenvalue weighted by atomic mass is 10.1. The van der Waals surface area contributed by atoms with E-state index in [4.69, 9.17) is 5.11 Å². The van der Waals surface area contributed by atoms with Gasteiger partial charge in [0.05, 0.1) is 5.56 Å². The van der Waals surface area contributed by atoms with Gasteiger partial charge in [0.25, 0.3) is 5.91 Å². The van der Waals surface area contributed by atoms with Gasteiger partial charge in [0.2, 0.25) is 0 Å². The first-order valence-electron chi connectivity index (χ1n) is 5.30. The summed E-state index contributed by atoms with van der Waals surface area (Å²) in [5.41, 5.74) is -1.97. The van der Waals surface area contributed by atoms with Crippen LogP contribution in [0.15, 0.2) is 18.3 Å². The summed E-state index contributed by atoms with van der Waals surface area (Å²) < 4.78 is 38.1. The molecule has 0 radical (unpaired) electrons. The quantitative estimate of drug-likeness (QED) is 0.907. The van der Waals surface area contributed by atoms with E-state index in [9.17, 15) is 22.8 Å². The van der Waals surface area contributed by atoms with Crippen molar-refractivity contribution in [3.63, 3.8) is 0 Å². The summed E-state index contributed by atoms with van der Waals surface area (Å²) in [6.45, 7) is 0.763. The number of rotatable bonds is 4. The fourth-order valence-electron chi connectivity index (χ4n) is 1.44. The average Bonchev–Trinajstić information content (AvgIpc) is 2.34. The maximum absolute atomic E-state index is 12.7. The van der Waals surface area contributed by atoms with Gasteiger partial charge < -0.3 is 10.0 Å². The Labute approximate surface area is 106 Å². The van der Waals surface area contributed by atoms with E-state index in [2.05, 4.69) is 4.98 Å². The lowest BCUT2D eigenvalue weighted by Crippen LogP contribution is -2.37. The van der Waals surface area contributed by atoms with Gasteiger partial charge in [-0.1, -0.05) is 0 Å². The number of halogens is 3. The summed E-state index contributed by atoms with van der Waals surface area (Å²) in [6.07, 6.45) is -3.67. The molecule has 0 saturated heterocycles. The number of aromatic nitrogens is 1. The van der Waals surface area contributed by atoms with E-state index in [0.717, 1.165) is 23.2 Å². The van der Waals surface area contributed by atoms with Gasteiger partial charge in [0.1, 0.15) is 12.2 Å². The minimum absolute atomic E-state index is 0.0288. The zero-order valence-corrected chi connectivity index (χ0v) is 9.94. The van der Waals surface area contributed by atoms with Crippen molar-refractivity contribution in [2.45, 2.75) is 13.1 Å². The number of nitrogens with zero attached hydrogens (tertiary/aromatic N) is 2. The lowest BCUT2D eigenvalue weighted by Gasteiger charge is -2.20. The van der Waals surface area contributed by atoms with Crippen LogP contribution in [0.25, 0.3) is 0 Å². The van der Waals surface area contributed by atoms with Crippen molar-refractivity contribution in [2.24, 2.45) is 0 Å². The minimum Gasteiger partial charge on any atom is -0.480 e. The first-order chi connectivity index (χ1) is 8.77. The Morgan fingerprint density at radius 3 is 2.53 bits per heavy atom. The van der Waals surface area contributed by atoms with Gasteiger partial charge in [0, 0.05) is 12.7 Å². The summed E-state index contributed by atoms with van der Waals surface area (Å²) in [7, 11) is 0. The molecule has 5 nitrogen and oxygen atoms in total. The van der Waals surface area contributed by atoms with Crippen LogP contribution >= 0.6 is 0 Å². The molecule has 0 aliphatic carbocycles. The van der Waals surface area contributed by atoms with Gasteiger partial charge in [-0.25, -0.2) is 0 Å². The Morgan fingerprint density at radius 1 is 1.42 bits per heavy atom. The number of carbonyl (C=O) groups excluding carboxylic acids is 1. The fraction of sp³-hybridized carbons (Fsp3) is 0.364. The monoisotopic (exact) mass is 276 g/mol. The highest BCUT2D eigenvalue weighted by Crippen LogP contribution is 2.31. The number of aliphatic carboxylic acids is 1. The number of carbonyl (C=O) groups is 2. The molecule has 0 unspecified atom stereocenters. The van der Waals surface area contributed by atoms with E-state index in [0.29, 0.717) is 0 Å². The molecule has 0 aromatic carbocycles. The molecule has 8 heteroatoms. The van der Waals surface area contributed by atoms with E-state index < -0.39 is 35.9 Å². The van der Waals surface area contributed by atoms with Crippen molar-refractivity contribution in [3.05, 3.63) is 29.6 Å². The van der Waals surface area contributed by atoms with Crippen molar-refractivity contribution in [3.8, 4) is 0 Å². The second-order valence-corrected chi connectivity index (χ2v) is 3.61. The Morgan fingerprint density at radius 2 is 2.05 bits per heavy atom. The highest BCUT2D eigenvalue weighted by molar-refractivity contribution is 5.95. The van der Waals surface area contributed by atoms with Crippen LogP contribution in [0.3, 0.4) is 0 Å². The molecule has 1 N–H and O–H groups in total. The van der Waals surface area contributed by atoms with Crippen LogP contribution in [0.5, 0.6) is 0 Å². The molecular formula is C11H11F3N2O3. The van der Waals surface area contributed by atoms with Gasteiger partial charge in [0.15, 0.2) is 0 Å². The van der Waals surface area contributed by atoms with Crippen molar-refractivity contribution in [1.82, 2.24) is 9.88 Å². The van der Waals surface area contributed by atoms with Crippen LogP contribution in [-0.4, -0.2) is 40.0 Å². The minimum atomic E-state index is -4.72. The molecule has 0 aliphatic rings. The first kappa shape index (κ1) is 14.9. The number of carboxylic acid groups (broad SMARTS) is 1. The van der Waals surface area contributed by atoms with E-state index in [1.165, 1.54) is 6.92 Å². The van der Waals surface area contributed by atoms with Gasteiger partial charge in [-0.2, -0.15) is 13.2 Å². The molecule has 0 bridgehead atoms. The number of pyridine rings is 1. The number of amides is 1. The van der Waals surface area contributed by atoms with Crippen molar-refractivity contribution in [1.29, 1.82) is 0 Å². The maximum Gasteiger partial charge on any atom is 0.418 e. The molecule has 104 valence electrons. The zero-order valence-electron chi connectivity index (χ0n) is 9.94. The Hall–Kier alpha value is -2.12. The number of alkyl halides is 3. The van der Waals surface area contributed by atoms with Gasteiger partial charge in [-0.3, -0.25) is 14.6 Å². The molecular weight excluding hydrogens is 265 g/mol. The topological polar surface area (TPSA) is 70.5 Å². The fourth-order valence-corrected chi connectivity index (χ4v) is 1.44. The summed E-state index contributed by atoms with van der Waals surface area (Å²) in [5.74, 6) is -2.36. The smallest absolute Gasteiger partial charge is 0.418 e. The molecule has 0 saturated carbocycles. The molecule has 1 aromatic rings. The van der Waals surface area contributed by atoms with E-state index >= 15 is 0 Å². The molecule has 1 aromatic heterocycles. The van der Waals surface area contributed by atoms with E-state index in [1.54, 1.807) is 0 Å². The highest BCUT2D eigenvalue weighted by Gasteiger charge is 2.37. The molecule has 1 heterocycles. The largest absolute Gasteiger partial charge is 0.480 e. The predicted molar refractivity (Wildman–Crippen MR) is 58.5 cm³/mol. The summed E-state index contributed by atoms with van der Waals surface area (Å²) in [6, 6.07) is 1.79. The standard InChI is InChI=1S/C11H11F3N2O3/c1-2-16(6-8(17)18)10(19)9-7(11(12,13)14)4-3-5-15-9/h3-5H,2,6H2,1H3,(H,17,18). The van der Waals surface area contributed by atoms with Crippen LogP contribution in [0.1, 0.15) is 23.0 Å². The second kappa shape index (κ2) is 5.68. The van der Waals surface area contributed by atoms with Crippen LogP contribution in [0, 0.1) is 0 Å². The molecule has 19 heavy (non-hydrogen) atoms. The molecule has 0 fully saturated rings. The zero-order chi connectivity index (χ0) is 14.6. The predicted octanol–water partition coefficient (Wildman–Crippen LogP) is 1.65. The lowest BCUT2D eigenvalue weighted by molar-refractivity contribution is -0.138. The van der Waals surface area contributed by atoms with Crippen LogP contribution in [0.2, 0.25) is 0 Å². The van der Waals surface area contributed by atoms with Gasteiger partial charge >= 0.3 is 12.1 Å². The number of carboxylic acids is 1. The van der Waals surface area contributed by atoms with Crippen LogP contribution in [-0.2, 0) is 11.0 Å². The van der Waals surface area contributed by atoms with Crippen LogP contribution in [0.4, 0.5) is 13.2 Å². The maximum atomic E-state index is 12.7. The molecule has 1 amide bonds. The van der Waals surface area contributed by atoms with E-state index in [1.807, 2.05) is 0 Å². The summed E-state index contributed by atoms with van der Waals surface area (Å²) in [5, 5.41) is 8.60. The highest BCUT2D eigenvalue weighted by atomic mass is 19.4. The average molecular weight is 276 g/mol. The van der Waals surface area contributed by atoms with Crippen molar-refractivity contribution >= 4 is 11.9 Å². The van der Waals surface area contributed by atoms with Crippen LogP contribution < -0.4 is 0 Å². The normalized spacial score (nSPS) is 11.2. The SMILES string of the molecule is CCN(CC(=O)O)C(=O)c1ncccc1C(F)(F)F. The summed E-state index contributed by atoms with van der Waals surface area (Å²) >= 11 is 0. The summed E-state index contributed by atoms with van der Waals surface area (Å²) in [4.78, 5) is 26.6. The Kier molecular flexibility index (Phi) is 4.47. The third kappa shape index (κ3) is 3.67. The Balaban J connectivity index is 3.15.